The van der Waals surface area contributed by atoms with Crippen molar-refractivity contribution in [3.05, 3.63) is 23.3 Å². The molecule has 0 aliphatic heterocycles. The SMILES string of the molecule is Cc1cc(-c2nn[nH]n2)c(S(N)(=O)=O)cc1C. The average molecular weight is 253 g/mol. The zero-order chi connectivity index (χ0) is 12.6. The van der Waals surface area contributed by atoms with Gasteiger partial charge in [0.1, 0.15) is 0 Å². The molecule has 8 heteroatoms. The van der Waals surface area contributed by atoms with Crippen LogP contribution >= 0.6 is 0 Å². The lowest BCUT2D eigenvalue weighted by Crippen LogP contribution is -2.14. The fraction of sp³-hybridized carbons (Fsp3) is 0.222. The van der Waals surface area contributed by atoms with Crippen molar-refractivity contribution in [1.29, 1.82) is 0 Å². The van der Waals surface area contributed by atoms with Crippen molar-refractivity contribution in [2.75, 3.05) is 0 Å². The molecule has 0 bridgehead atoms. The maximum Gasteiger partial charge on any atom is 0.238 e. The quantitative estimate of drug-likeness (QED) is 0.789. The number of nitrogens with zero attached hydrogens (tertiary/aromatic N) is 3. The minimum absolute atomic E-state index is 0.00185. The van der Waals surface area contributed by atoms with Crippen molar-refractivity contribution in [1.82, 2.24) is 20.6 Å². The Morgan fingerprint density at radius 1 is 1.24 bits per heavy atom. The molecule has 0 saturated heterocycles. The topological polar surface area (TPSA) is 115 Å². The van der Waals surface area contributed by atoms with Gasteiger partial charge >= 0.3 is 0 Å². The van der Waals surface area contributed by atoms with Crippen molar-refractivity contribution < 1.29 is 8.42 Å². The minimum atomic E-state index is -3.82. The van der Waals surface area contributed by atoms with Gasteiger partial charge in [-0.1, -0.05) is 0 Å². The van der Waals surface area contributed by atoms with Crippen molar-refractivity contribution in [3.8, 4) is 11.4 Å². The van der Waals surface area contributed by atoms with Gasteiger partial charge in [-0.05, 0) is 42.3 Å². The van der Waals surface area contributed by atoms with Crippen LogP contribution in [-0.2, 0) is 10.0 Å². The largest absolute Gasteiger partial charge is 0.238 e. The van der Waals surface area contributed by atoms with Crippen molar-refractivity contribution in [2.24, 2.45) is 5.14 Å². The van der Waals surface area contributed by atoms with Gasteiger partial charge in [-0.25, -0.2) is 13.6 Å². The smallest absolute Gasteiger partial charge is 0.225 e. The van der Waals surface area contributed by atoms with Gasteiger partial charge in [0, 0.05) is 5.56 Å². The molecule has 0 fully saturated rings. The maximum absolute atomic E-state index is 11.5. The molecule has 0 amide bonds. The van der Waals surface area contributed by atoms with Gasteiger partial charge in [-0.3, -0.25) is 0 Å². The van der Waals surface area contributed by atoms with E-state index in [0.717, 1.165) is 11.1 Å². The van der Waals surface area contributed by atoms with Crippen LogP contribution in [0.4, 0.5) is 0 Å². The molecule has 0 spiro atoms. The molecular weight excluding hydrogens is 242 g/mol. The van der Waals surface area contributed by atoms with E-state index >= 15 is 0 Å². The number of aromatic amines is 1. The van der Waals surface area contributed by atoms with Gasteiger partial charge in [0.15, 0.2) is 0 Å². The second kappa shape index (κ2) is 3.90. The summed E-state index contributed by atoms with van der Waals surface area (Å²) in [6.07, 6.45) is 0. The molecule has 0 aliphatic carbocycles. The number of rotatable bonds is 2. The summed E-state index contributed by atoms with van der Waals surface area (Å²) in [6, 6.07) is 3.19. The Bertz CT molecular complexity index is 648. The van der Waals surface area contributed by atoms with Crippen LogP contribution < -0.4 is 5.14 Å². The summed E-state index contributed by atoms with van der Waals surface area (Å²) in [6.45, 7) is 3.68. The lowest BCUT2D eigenvalue weighted by Gasteiger charge is -2.08. The lowest BCUT2D eigenvalue weighted by molar-refractivity contribution is 0.598. The fourth-order valence-corrected chi connectivity index (χ4v) is 2.27. The number of aromatic nitrogens is 4. The number of primary sulfonamides is 1. The summed E-state index contributed by atoms with van der Waals surface area (Å²) in [5, 5.41) is 18.4. The van der Waals surface area contributed by atoms with Crippen LogP contribution in [0.2, 0.25) is 0 Å². The molecule has 17 heavy (non-hydrogen) atoms. The maximum atomic E-state index is 11.5. The molecule has 1 heterocycles. The number of tetrazole rings is 1. The average Bonchev–Trinajstić information content (AvgIpc) is 2.73. The number of sulfonamides is 1. The van der Waals surface area contributed by atoms with E-state index in [9.17, 15) is 8.42 Å². The van der Waals surface area contributed by atoms with Crippen molar-refractivity contribution >= 4 is 10.0 Å². The summed E-state index contributed by atoms with van der Waals surface area (Å²) in [7, 11) is -3.82. The summed E-state index contributed by atoms with van der Waals surface area (Å²) in [4.78, 5) is 0.00185. The Balaban J connectivity index is 2.78. The Morgan fingerprint density at radius 3 is 2.41 bits per heavy atom. The Kier molecular flexibility index (Phi) is 2.68. The van der Waals surface area contributed by atoms with E-state index in [4.69, 9.17) is 5.14 Å². The van der Waals surface area contributed by atoms with Gasteiger partial charge in [-0.15, -0.1) is 10.2 Å². The number of hydrogen-bond donors (Lipinski definition) is 2. The van der Waals surface area contributed by atoms with Gasteiger partial charge in [-0.2, -0.15) is 5.21 Å². The van der Waals surface area contributed by atoms with Gasteiger partial charge < -0.3 is 0 Å². The van der Waals surface area contributed by atoms with Crippen LogP contribution in [0.25, 0.3) is 11.4 Å². The number of hydrogen-bond acceptors (Lipinski definition) is 5. The predicted molar refractivity (Wildman–Crippen MR) is 60.5 cm³/mol. The van der Waals surface area contributed by atoms with E-state index in [1.807, 2.05) is 13.8 Å². The van der Waals surface area contributed by atoms with E-state index in [0.29, 0.717) is 5.56 Å². The van der Waals surface area contributed by atoms with Crippen LogP contribution in [0, 0.1) is 13.8 Å². The van der Waals surface area contributed by atoms with Gasteiger partial charge in [0.2, 0.25) is 15.8 Å². The number of aryl methyl sites for hydroxylation is 2. The zero-order valence-electron chi connectivity index (χ0n) is 9.30. The Labute approximate surface area is 98.1 Å². The summed E-state index contributed by atoms with van der Waals surface area (Å²) in [5.41, 5.74) is 2.11. The molecule has 2 rings (SSSR count). The van der Waals surface area contributed by atoms with Crippen molar-refractivity contribution in [3.63, 3.8) is 0 Å². The van der Waals surface area contributed by atoms with E-state index < -0.39 is 10.0 Å². The molecule has 2 aromatic rings. The summed E-state index contributed by atoms with van der Waals surface area (Å²) in [5.74, 6) is 0.206. The van der Waals surface area contributed by atoms with Gasteiger partial charge in [0.25, 0.3) is 0 Å². The fourth-order valence-electron chi connectivity index (χ4n) is 1.48. The number of nitrogens with two attached hydrogens (primary N) is 1. The molecule has 0 aliphatic rings. The number of H-pyrrole nitrogens is 1. The van der Waals surface area contributed by atoms with E-state index in [1.54, 1.807) is 6.07 Å². The van der Waals surface area contributed by atoms with Crippen molar-refractivity contribution in [2.45, 2.75) is 18.7 Å². The second-order valence-corrected chi connectivity index (χ2v) is 5.24. The predicted octanol–water partition coefficient (Wildman–Crippen LogP) is 0.131. The molecule has 3 N–H and O–H groups in total. The third kappa shape index (κ3) is 2.17. The van der Waals surface area contributed by atoms with Crippen LogP contribution in [0.3, 0.4) is 0 Å². The Hall–Kier alpha value is -1.80. The normalized spacial score (nSPS) is 11.7. The monoisotopic (exact) mass is 253 g/mol. The molecule has 0 atom stereocenters. The number of benzene rings is 1. The highest BCUT2D eigenvalue weighted by atomic mass is 32.2. The number of nitrogens with one attached hydrogen (secondary N) is 1. The Morgan fingerprint density at radius 2 is 1.88 bits per heavy atom. The standard InChI is InChI=1S/C9H11N5O2S/c1-5-3-7(9-11-13-14-12-9)8(4-6(5)2)17(10,15)16/h3-4H,1-2H3,(H2,10,15,16)(H,11,12,13,14). The zero-order valence-corrected chi connectivity index (χ0v) is 10.1. The van der Waals surface area contributed by atoms with E-state index in [1.165, 1.54) is 6.07 Å². The third-order valence-corrected chi connectivity index (χ3v) is 3.44. The first-order chi connectivity index (χ1) is 7.89. The first-order valence-electron chi connectivity index (χ1n) is 4.77. The highest BCUT2D eigenvalue weighted by Gasteiger charge is 2.19. The van der Waals surface area contributed by atoms with Crippen LogP contribution in [0.15, 0.2) is 17.0 Å². The molecule has 90 valence electrons. The van der Waals surface area contributed by atoms with E-state index in [2.05, 4.69) is 20.6 Å². The summed E-state index contributed by atoms with van der Waals surface area (Å²) < 4.78 is 23.0. The molecule has 0 saturated carbocycles. The summed E-state index contributed by atoms with van der Waals surface area (Å²) >= 11 is 0. The molecule has 7 nitrogen and oxygen atoms in total. The first kappa shape index (κ1) is 11.7. The first-order valence-corrected chi connectivity index (χ1v) is 6.32. The second-order valence-electron chi connectivity index (χ2n) is 3.71. The molecule has 0 unspecified atom stereocenters. The van der Waals surface area contributed by atoms with Gasteiger partial charge in [0.05, 0.1) is 4.90 Å². The van der Waals surface area contributed by atoms with E-state index in [-0.39, 0.29) is 10.7 Å². The highest BCUT2D eigenvalue weighted by molar-refractivity contribution is 7.89. The molecular formula is C9H11N5O2S. The van der Waals surface area contributed by atoms with Crippen LogP contribution in [-0.4, -0.2) is 29.0 Å². The molecule has 0 radical (unpaired) electrons. The molecule has 1 aromatic heterocycles. The lowest BCUT2D eigenvalue weighted by atomic mass is 10.1. The van der Waals surface area contributed by atoms with Crippen LogP contribution in [0.1, 0.15) is 11.1 Å². The van der Waals surface area contributed by atoms with Crippen LogP contribution in [0.5, 0.6) is 0 Å². The molecule has 1 aromatic carbocycles. The highest BCUT2D eigenvalue weighted by Crippen LogP contribution is 2.26. The third-order valence-electron chi connectivity index (χ3n) is 2.49. The minimum Gasteiger partial charge on any atom is -0.225 e.